The van der Waals surface area contributed by atoms with Gasteiger partial charge in [-0.2, -0.15) is 0 Å². The predicted octanol–water partition coefficient (Wildman–Crippen LogP) is 3.40. The van der Waals surface area contributed by atoms with Crippen LogP contribution >= 0.6 is 11.6 Å². The molecule has 0 unspecified atom stereocenters. The van der Waals surface area contributed by atoms with Crippen LogP contribution in [0.25, 0.3) is 0 Å². The van der Waals surface area contributed by atoms with Crippen molar-refractivity contribution < 1.29 is 4.79 Å². The van der Waals surface area contributed by atoms with E-state index in [0.717, 1.165) is 24.0 Å². The molecule has 0 spiro atoms. The van der Waals surface area contributed by atoms with E-state index in [2.05, 4.69) is 9.88 Å². The minimum atomic E-state index is -0.677. The topological polar surface area (TPSA) is 104 Å². The molecule has 3 aromatic rings. The summed E-state index contributed by atoms with van der Waals surface area (Å²) in [6, 6.07) is 17.1. The lowest BCUT2D eigenvalue weighted by Crippen LogP contribution is -2.46. The number of carbonyl (C=O) groups is 1. The number of hydrogen-bond donors (Lipinski definition) is 2. The molecule has 1 heterocycles. The van der Waals surface area contributed by atoms with Crippen molar-refractivity contribution in [2.45, 2.75) is 45.3 Å². The van der Waals surface area contributed by atoms with Crippen LogP contribution in [0.5, 0.6) is 0 Å². The quantitative estimate of drug-likeness (QED) is 0.473. The molecule has 1 atom stereocenters. The zero-order valence-electron chi connectivity index (χ0n) is 19.9. The molecule has 1 saturated carbocycles. The number of benzene rings is 2. The normalized spacial score (nSPS) is 14.2. The molecule has 8 nitrogen and oxygen atoms in total. The lowest BCUT2D eigenvalue weighted by Gasteiger charge is -2.32. The molecule has 1 amide bonds. The Morgan fingerprint density at radius 2 is 1.80 bits per heavy atom. The van der Waals surface area contributed by atoms with Crippen molar-refractivity contribution in [3.63, 3.8) is 0 Å². The van der Waals surface area contributed by atoms with Crippen molar-refractivity contribution in [2.24, 2.45) is 0 Å². The highest BCUT2D eigenvalue weighted by molar-refractivity contribution is 6.31. The third-order valence-corrected chi connectivity index (χ3v) is 6.82. The smallest absolute Gasteiger partial charge is 0.330 e. The van der Waals surface area contributed by atoms with Crippen LogP contribution in [0, 0.1) is 0 Å². The van der Waals surface area contributed by atoms with E-state index in [-0.39, 0.29) is 49.1 Å². The first-order chi connectivity index (χ1) is 16.8. The van der Waals surface area contributed by atoms with Gasteiger partial charge in [-0.15, -0.1) is 0 Å². The van der Waals surface area contributed by atoms with Gasteiger partial charge in [-0.1, -0.05) is 60.1 Å². The Labute approximate surface area is 208 Å². The van der Waals surface area contributed by atoms with Crippen LogP contribution in [0.2, 0.25) is 5.02 Å². The number of carbonyl (C=O) groups excluding carboxylic acids is 1. The van der Waals surface area contributed by atoms with E-state index in [1.807, 2.05) is 61.5 Å². The summed E-state index contributed by atoms with van der Waals surface area (Å²) in [4.78, 5) is 44.8. The van der Waals surface area contributed by atoms with Gasteiger partial charge in [0.25, 0.3) is 5.56 Å². The summed E-state index contributed by atoms with van der Waals surface area (Å²) in [6.45, 7) is 4.32. The number of nitrogens with two attached hydrogens (primary N) is 1. The second-order valence-corrected chi connectivity index (χ2v) is 9.21. The number of H-pyrrole nitrogens is 1. The third kappa shape index (κ3) is 5.33. The molecule has 1 fully saturated rings. The van der Waals surface area contributed by atoms with E-state index in [1.54, 1.807) is 6.92 Å². The summed E-state index contributed by atoms with van der Waals surface area (Å²) in [5.41, 5.74) is 6.84. The Kier molecular flexibility index (Phi) is 7.42. The molecule has 0 radical (unpaired) electrons. The fourth-order valence-corrected chi connectivity index (χ4v) is 4.74. The van der Waals surface area contributed by atoms with Crippen molar-refractivity contribution >= 4 is 29.0 Å². The first-order valence-corrected chi connectivity index (χ1v) is 12.2. The van der Waals surface area contributed by atoms with Crippen LogP contribution < -0.4 is 21.9 Å². The van der Waals surface area contributed by atoms with Gasteiger partial charge in [-0.05, 0) is 43.9 Å². The van der Waals surface area contributed by atoms with Crippen molar-refractivity contribution in [1.29, 1.82) is 0 Å². The molecule has 2 aromatic carbocycles. The molecular weight excluding hydrogens is 466 g/mol. The molecule has 0 bridgehead atoms. The summed E-state index contributed by atoms with van der Waals surface area (Å²) in [7, 11) is 0. The molecule has 1 aliphatic rings. The molecule has 35 heavy (non-hydrogen) atoms. The van der Waals surface area contributed by atoms with Gasteiger partial charge < -0.3 is 10.6 Å². The van der Waals surface area contributed by atoms with Crippen molar-refractivity contribution in [3.05, 3.63) is 91.6 Å². The Balaban J connectivity index is 1.64. The highest BCUT2D eigenvalue weighted by Crippen LogP contribution is 2.36. The highest BCUT2D eigenvalue weighted by atomic mass is 35.5. The van der Waals surface area contributed by atoms with Gasteiger partial charge in [0.1, 0.15) is 5.82 Å². The molecule has 3 N–H and O–H groups in total. The van der Waals surface area contributed by atoms with Gasteiger partial charge >= 0.3 is 5.69 Å². The first kappa shape index (κ1) is 24.8. The maximum atomic E-state index is 13.6. The Hall–Kier alpha value is -3.36. The molecular formula is C26H30ClN5O3. The predicted molar refractivity (Wildman–Crippen MR) is 139 cm³/mol. The Bertz CT molecular complexity index is 1320. The lowest BCUT2D eigenvalue weighted by atomic mass is 10.1. The lowest BCUT2D eigenvalue weighted by molar-refractivity contribution is -0.120. The monoisotopic (exact) mass is 495 g/mol. The zero-order chi connectivity index (χ0) is 25.1. The second kappa shape index (κ2) is 10.5. The van der Waals surface area contributed by atoms with Crippen molar-refractivity contribution in [2.75, 3.05) is 23.7 Å². The van der Waals surface area contributed by atoms with E-state index >= 15 is 0 Å². The fraction of sp³-hybridized carbons (Fsp3) is 0.346. The highest BCUT2D eigenvalue weighted by Gasteiger charge is 2.36. The van der Waals surface area contributed by atoms with E-state index in [4.69, 9.17) is 17.3 Å². The van der Waals surface area contributed by atoms with Gasteiger partial charge in [-0.25, -0.2) is 4.79 Å². The van der Waals surface area contributed by atoms with Crippen LogP contribution in [0.15, 0.2) is 64.2 Å². The number of aromatic nitrogens is 2. The summed E-state index contributed by atoms with van der Waals surface area (Å²) < 4.78 is 1.28. The largest absolute Gasteiger partial charge is 0.383 e. The number of nitrogens with one attached hydrogen (secondary N) is 1. The summed E-state index contributed by atoms with van der Waals surface area (Å²) in [5.74, 6) is -0.296. The Morgan fingerprint density at radius 3 is 2.43 bits per heavy atom. The average molecular weight is 496 g/mol. The average Bonchev–Trinajstić information content (AvgIpc) is 3.68. The van der Waals surface area contributed by atoms with Gasteiger partial charge in [0.15, 0.2) is 5.69 Å². The SMILES string of the molecule is CCN(C(=O)CN(C1CC1)[C@H](C)c1ccccc1Cl)c1c(N)n(Cc2ccccc2)c(=O)[nH]c1=O. The van der Waals surface area contributed by atoms with E-state index < -0.39 is 11.2 Å². The third-order valence-electron chi connectivity index (χ3n) is 6.47. The summed E-state index contributed by atoms with van der Waals surface area (Å²) in [5, 5.41) is 0.652. The molecule has 1 aliphatic carbocycles. The van der Waals surface area contributed by atoms with Crippen LogP contribution in [-0.2, 0) is 11.3 Å². The summed E-state index contributed by atoms with van der Waals surface area (Å²) in [6.07, 6.45) is 2.00. The van der Waals surface area contributed by atoms with E-state index in [1.165, 1.54) is 9.47 Å². The number of amides is 1. The number of likely N-dealkylation sites (N-methyl/N-ethyl adjacent to an activating group) is 1. The molecule has 0 aliphatic heterocycles. The van der Waals surface area contributed by atoms with Crippen LogP contribution in [-0.4, -0.2) is 39.5 Å². The van der Waals surface area contributed by atoms with Crippen molar-refractivity contribution in [3.8, 4) is 0 Å². The standard InChI is InChI=1S/C26H30ClN5O3/c1-3-30(22(33)16-31(19-13-14-19)17(2)20-11-7-8-12-21(20)27)23-24(28)32(26(35)29-25(23)34)15-18-9-5-4-6-10-18/h4-12,17,19H,3,13-16,28H2,1-2H3,(H,29,34,35)/t17-/m1/s1. The van der Waals surface area contributed by atoms with Gasteiger partial charge in [-0.3, -0.25) is 24.0 Å². The number of hydrogen-bond acceptors (Lipinski definition) is 5. The number of anilines is 2. The number of aromatic amines is 1. The number of rotatable bonds is 9. The summed E-state index contributed by atoms with van der Waals surface area (Å²) >= 11 is 6.43. The second-order valence-electron chi connectivity index (χ2n) is 8.80. The number of nitrogens with zero attached hydrogens (tertiary/aromatic N) is 3. The maximum Gasteiger partial charge on any atom is 0.330 e. The molecule has 1 aromatic heterocycles. The van der Waals surface area contributed by atoms with Gasteiger partial charge in [0.05, 0.1) is 13.1 Å². The minimum Gasteiger partial charge on any atom is -0.383 e. The van der Waals surface area contributed by atoms with Crippen LogP contribution in [0.3, 0.4) is 0 Å². The molecule has 9 heteroatoms. The molecule has 184 valence electrons. The van der Waals surface area contributed by atoms with Crippen LogP contribution in [0.1, 0.15) is 43.9 Å². The zero-order valence-corrected chi connectivity index (χ0v) is 20.7. The molecule has 4 rings (SSSR count). The molecule has 0 saturated heterocycles. The minimum absolute atomic E-state index is 0.00539. The van der Waals surface area contributed by atoms with Gasteiger partial charge in [0.2, 0.25) is 5.91 Å². The van der Waals surface area contributed by atoms with E-state index in [9.17, 15) is 14.4 Å². The van der Waals surface area contributed by atoms with Crippen LogP contribution in [0.4, 0.5) is 11.5 Å². The maximum absolute atomic E-state index is 13.6. The van der Waals surface area contributed by atoms with E-state index in [0.29, 0.717) is 5.02 Å². The fourth-order valence-electron chi connectivity index (χ4n) is 4.44. The van der Waals surface area contributed by atoms with Gasteiger partial charge in [0, 0.05) is 23.7 Å². The van der Waals surface area contributed by atoms with Crippen molar-refractivity contribution in [1.82, 2.24) is 14.5 Å². The number of nitrogen functional groups attached to an aromatic ring is 1. The number of halogens is 1. The Morgan fingerprint density at radius 1 is 1.14 bits per heavy atom. The first-order valence-electron chi connectivity index (χ1n) is 11.8.